The first-order valence-corrected chi connectivity index (χ1v) is 8.02. The average molecular weight is 363 g/mol. The fourth-order valence-electron chi connectivity index (χ4n) is 2.16. The molecule has 0 spiro atoms. The van der Waals surface area contributed by atoms with E-state index in [2.05, 4.69) is 52.4 Å². The normalized spacial score (nSPS) is 10.5. The second-order valence-corrected chi connectivity index (χ2v) is 6.07. The first kappa shape index (κ1) is 16.5. The molecule has 1 aromatic heterocycles. The number of nitrogens with zero attached hydrogens (tertiary/aromatic N) is 1. The summed E-state index contributed by atoms with van der Waals surface area (Å²) in [6.07, 6.45) is 3.73. The topological polar surface area (TPSA) is 51.1 Å². The van der Waals surface area contributed by atoms with Gasteiger partial charge in [0.05, 0.1) is 10.2 Å². The molecule has 1 heterocycles. The van der Waals surface area contributed by atoms with Crippen molar-refractivity contribution >= 4 is 27.5 Å². The molecule has 0 aliphatic heterocycles. The van der Waals surface area contributed by atoms with Gasteiger partial charge in [-0.25, -0.2) is 0 Å². The van der Waals surface area contributed by atoms with Gasteiger partial charge in [-0.15, -0.1) is 0 Å². The zero-order valence-corrected chi connectivity index (χ0v) is 14.3. The fraction of sp³-hybridized carbons (Fsp3) is 0.294. The SMILES string of the molecule is CCc1ccc(CCC(=O)Nc2cc(Br)c(=O)n(C)c2)cc1. The first-order chi connectivity index (χ1) is 10.5. The third-order valence-electron chi connectivity index (χ3n) is 3.50. The third kappa shape index (κ3) is 4.31. The van der Waals surface area contributed by atoms with Crippen LogP contribution in [0.4, 0.5) is 5.69 Å². The van der Waals surface area contributed by atoms with E-state index in [1.54, 1.807) is 19.3 Å². The van der Waals surface area contributed by atoms with Crippen molar-refractivity contribution < 1.29 is 4.79 Å². The molecule has 116 valence electrons. The van der Waals surface area contributed by atoms with Gasteiger partial charge in [0.1, 0.15) is 0 Å². The minimum absolute atomic E-state index is 0.0647. The quantitative estimate of drug-likeness (QED) is 0.887. The number of aryl methyl sites for hydroxylation is 3. The van der Waals surface area contributed by atoms with E-state index in [0.717, 1.165) is 12.0 Å². The number of carbonyl (C=O) groups is 1. The summed E-state index contributed by atoms with van der Waals surface area (Å²) in [4.78, 5) is 23.6. The summed E-state index contributed by atoms with van der Waals surface area (Å²) >= 11 is 3.19. The minimum Gasteiger partial charge on any atom is -0.325 e. The predicted octanol–water partition coefficient (Wildman–Crippen LogP) is 3.28. The van der Waals surface area contributed by atoms with E-state index in [1.807, 2.05) is 0 Å². The molecule has 0 aliphatic rings. The number of anilines is 1. The molecule has 0 aliphatic carbocycles. The molecule has 0 fully saturated rings. The second-order valence-electron chi connectivity index (χ2n) is 5.21. The van der Waals surface area contributed by atoms with E-state index in [4.69, 9.17) is 0 Å². The van der Waals surface area contributed by atoms with Crippen molar-refractivity contribution in [3.63, 3.8) is 0 Å². The van der Waals surface area contributed by atoms with Crippen molar-refractivity contribution in [3.05, 3.63) is 62.5 Å². The lowest BCUT2D eigenvalue weighted by Crippen LogP contribution is -2.19. The van der Waals surface area contributed by atoms with Gasteiger partial charge in [0.25, 0.3) is 5.56 Å². The smallest absolute Gasteiger partial charge is 0.264 e. The Morgan fingerprint density at radius 3 is 2.45 bits per heavy atom. The van der Waals surface area contributed by atoms with E-state index in [1.165, 1.54) is 10.1 Å². The Kier molecular flexibility index (Phi) is 5.55. The Morgan fingerprint density at radius 2 is 1.86 bits per heavy atom. The number of aromatic nitrogens is 1. The molecular weight excluding hydrogens is 344 g/mol. The van der Waals surface area contributed by atoms with Gasteiger partial charge in [0.15, 0.2) is 0 Å². The molecule has 1 amide bonds. The highest BCUT2D eigenvalue weighted by atomic mass is 79.9. The van der Waals surface area contributed by atoms with E-state index >= 15 is 0 Å². The lowest BCUT2D eigenvalue weighted by molar-refractivity contribution is -0.116. The molecule has 1 N–H and O–H groups in total. The number of amides is 1. The molecule has 2 aromatic rings. The van der Waals surface area contributed by atoms with Crippen molar-refractivity contribution in [2.24, 2.45) is 7.05 Å². The summed E-state index contributed by atoms with van der Waals surface area (Å²) in [5.74, 6) is -0.0647. The number of pyridine rings is 1. The van der Waals surface area contributed by atoms with Crippen LogP contribution in [-0.2, 0) is 24.7 Å². The number of carbonyl (C=O) groups excluding carboxylic acids is 1. The number of halogens is 1. The van der Waals surface area contributed by atoms with E-state index in [9.17, 15) is 9.59 Å². The van der Waals surface area contributed by atoms with Gasteiger partial charge in [-0.05, 0) is 46.0 Å². The molecular formula is C17H19BrN2O2. The van der Waals surface area contributed by atoms with Gasteiger partial charge in [-0.2, -0.15) is 0 Å². The number of benzene rings is 1. The lowest BCUT2D eigenvalue weighted by atomic mass is 10.1. The maximum absolute atomic E-state index is 12.0. The van der Waals surface area contributed by atoms with Crippen LogP contribution in [0.25, 0.3) is 0 Å². The summed E-state index contributed by atoms with van der Waals surface area (Å²) in [6.45, 7) is 2.12. The van der Waals surface area contributed by atoms with Gasteiger partial charge >= 0.3 is 0 Å². The van der Waals surface area contributed by atoms with E-state index < -0.39 is 0 Å². The van der Waals surface area contributed by atoms with Crippen LogP contribution in [0.3, 0.4) is 0 Å². The summed E-state index contributed by atoms with van der Waals surface area (Å²) in [5, 5.41) is 2.81. The highest BCUT2D eigenvalue weighted by Crippen LogP contribution is 2.13. The van der Waals surface area contributed by atoms with E-state index in [0.29, 0.717) is 23.0 Å². The van der Waals surface area contributed by atoms with Crippen molar-refractivity contribution in [1.82, 2.24) is 4.57 Å². The summed E-state index contributed by atoms with van der Waals surface area (Å²) in [5.41, 5.74) is 2.92. The third-order valence-corrected chi connectivity index (χ3v) is 4.06. The maximum atomic E-state index is 12.0. The van der Waals surface area contributed by atoms with Crippen molar-refractivity contribution in [2.45, 2.75) is 26.2 Å². The van der Waals surface area contributed by atoms with Crippen LogP contribution in [-0.4, -0.2) is 10.5 Å². The molecule has 0 saturated carbocycles. The van der Waals surface area contributed by atoms with E-state index in [-0.39, 0.29) is 11.5 Å². The number of hydrogen-bond donors (Lipinski definition) is 1. The number of nitrogens with one attached hydrogen (secondary N) is 1. The first-order valence-electron chi connectivity index (χ1n) is 7.23. The van der Waals surface area contributed by atoms with Gasteiger partial charge in [-0.3, -0.25) is 9.59 Å². The molecule has 2 rings (SSSR count). The molecule has 0 radical (unpaired) electrons. The zero-order valence-electron chi connectivity index (χ0n) is 12.7. The molecule has 4 nitrogen and oxygen atoms in total. The molecule has 0 atom stereocenters. The van der Waals surface area contributed by atoms with Crippen molar-refractivity contribution in [2.75, 3.05) is 5.32 Å². The summed E-state index contributed by atoms with van der Waals surface area (Å²) in [6, 6.07) is 9.94. The average Bonchev–Trinajstić information content (AvgIpc) is 2.51. The van der Waals surface area contributed by atoms with Gasteiger partial charge < -0.3 is 9.88 Å². The molecule has 5 heteroatoms. The van der Waals surface area contributed by atoms with Crippen LogP contribution in [0.2, 0.25) is 0 Å². The Bertz CT molecular complexity index is 694. The summed E-state index contributed by atoms with van der Waals surface area (Å²) < 4.78 is 1.87. The minimum atomic E-state index is -0.131. The highest BCUT2D eigenvalue weighted by molar-refractivity contribution is 9.10. The Morgan fingerprint density at radius 1 is 1.23 bits per heavy atom. The van der Waals surface area contributed by atoms with Gasteiger partial charge in [-0.1, -0.05) is 31.2 Å². The number of rotatable bonds is 5. The fourth-order valence-corrected chi connectivity index (χ4v) is 2.69. The molecule has 0 bridgehead atoms. The monoisotopic (exact) mass is 362 g/mol. The number of hydrogen-bond acceptors (Lipinski definition) is 2. The van der Waals surface area contributed by atoms with Crippen LogP contribution < -0.4 is 10.9 Å². The zero-order chi connectivity index (χ0) is 16.1. The van der Waals surface area contributed by atoms with Gasteiger partial charge in [0, 0.05) is 19.7 Å². The maximum Gasteiger partial charge on any atom is 0.264 e. The highest BCUT2D eigenvalue weighted by Gasteiger charge is 2.06. The summed E-state index contributed by atoms with van der Waals surface area (Å²) in [7, 11) is 1.65. The Balaban J connectivity index is 1.94. The van der Waals surface area contributed by atoms with Crippen LogP contribution >= 0.6 is 15.9 Å². The van der Waals surface area contributed by atoms with Gasteiger partial charge in [0.2, 0.25) is 5.91 Å². The lowest BCUT2D eigenvalue weighted by Gasteiger charge is -2.08. The van der Waals surface area contributed by atoms with Crippen LogP contribution in [0.15, 0.2) is 45.8 Å². The molecule has 0 unspecified atom stereocenters. The molecule has 22 heavy (non-hydrogen) atoms. The second kappa shape index (κ2) is 7.40. The predicted molar refractivity (Wildman–Crippen MR) is 92.2 cm³/mol. The van der Waals surface area contributed by atoms with Crippen LogP contribution in [0, 0.1) is 0 Å². The Hall–Kier alpha value is -1.88. The van der Waals surface area contributed by atoms with Crippen molar-refractivity contribution in [3.8, 4) is 0 Å². The molecule has 0 saturated heterocycles. The molecule has 1 aromatic carbocycles. The van der Waals surface area contributed by atoms with Crippen molar-refractivity contribution in [1.29, 1.82) is 0 Å². The largest absolute Gasteiger partial charge is 0.325 e. The van der Waals surface area contributed by atoms with Crippen LogP contribution in [0.1, 0.15) is 24.5 Å². The standard InChI is InChI=1S/C17H19BrN2O2/c1-3-12-4-6-13(7-5-12)8-9-16(21)19-14-10-15(18)17(22)20(2)11-14/h4-7,10-11H,3,8-9H2,1-2H3,(H,19,21). The Labute approximate surface area is 138 Å². The van der Waals surface area contributed by atoms with Crippen LogP contribution in [0.5, 0.6) is 0 Å².